The van der Waals surface area contributed by atoms with Crippen LogP contribution in [0.1, 0.15) is 6.42 Å². The fourth-order valence-electron chi connectivity index (χ4n) is 4.27. The first-order valence-corrected chi connectivity index (χ1v) is 18.3. The third-order valence-corrected chi connectivity index (χ3v) is 8.14. The Kier molecular flexibility index (Phi) is 25.0. The predicted octanol–water partition coefficient (Wildman–Crippen LogP) is 8.07. The molecule has 0 aromatic heterocycles. The second-order valence-electron chi connectivity index (χ2n) is 12.9. The molecule has 0 saturated carbocycles. The molecule has 0 bridgehead atoms. The summed E-state index contributed by atoms with van der Waals surface area (Å²) >= 11 is 0. The lowest BCUT2D eigenvalue weighted by molar-refractivity contribution is -0.482. The van der Waals surface area contributed by atoms with Crippen molar-refractivity contribution in [3.63, 3.8) is 0 Å². The average Bonchev–Trinajstić information content (AvgIpc) is 3.20. The molecule has 1 N–H and O–H groups in total. The van der Waals surface area contributed by atoms with Crippen LogP contribution in [0, 0.1) is 0 Å². The van der Waals surface area contributed by atoms with E-state index in [2.05, 4.69) is 4.74 Å². The zero-order valence-electron chi connectivity index (χ0n) is 33.7. The highest BCUT2D eigenvalue weighted by molar-refractivity contribution is 5.19. The highest BCUT2D eigenvalue weighted by atomic mass is 19.4. The fraction of sp³-hybridized carbons (Fsp3) is 1.00. The SMILES string of the molecule is OCCOCCOCCOCCOCCOCCOCCOCCOCCOCCC(F)(F)C(F)(F)C(F)(F)C(F)(F)C(F)(F)C(F)(F)C(F)(F)C(F)(F)C(F)(F)C(F)(F)C(F)(F)C(F)(F)F. The largest absolute Gasteiger partial charge is 0.460 e. The summed E-state index contributed by atoms with van der Waals surface area (Å²) in [5.41, 5.74) is 0. The molecule has 0 aliphatic heterocycles. The van der Waals surface area contributed by atoms with Crippen molar-refractivity contribution in [3.8, 4) is 0 Å². The van der Waals surface area contributed by atoms with Crippen LogP contribution in [0.2, 0.25) is 0 Å². The second kappa shape index (κ2) is 25.8. The van der Waals surface area contributed by atoms with E-state index < -0.39 is 97.6 Å². The van der Waals surface area contributed by atoms with E-state index in [-0.39, 0.29) is 72.7 Å². The molecule has 0 aliphatic carbocycles. The van der Waals surface area contributed by atoms with Gasteiger partial charge in [0.25, 0.3) is 0 Å². The minimum atomic E-state index is -9.63. The summed E-state index contributed by atoms with van der Waals surface area (Å²) < 4.78 is 385. The maximum Gasteiger partial charge on any atom is 0.460 e. The lowest BCUT2D eigenvalue weighted by Gasteiger charge is -2.45. The highest BCUT2D eigenvalue weighted by Gasteiger charge is 2.99. The molecule has 0 aromatic rings. The summed E-state index contributed by atoms with van der Waals surface area (Å²) in [5.74, 6) is -98.7. The standard InChI is InChI=1S/C32H41F25O10/c33-21(34,1-3-59-5-7-61-9-11-63-13-15-65-17-19-67-20-18-66-16-14-64-12-10-62-8-6-60-4-2-58)22(35,36)23(37,38)24(39,40)25(41,42)26(43,44)27(45,46)28(47,48)29(49,50)30(51,52)31(53,54)32(55,56)57/h58H,1-20H2. The van der Waals surface area contributed by atoms with Crippen LogP contribution in [0.3, 0.4) is 0 Å². The van der Waals surface area contributed by atoms with E-state index in [0.29, 0.717) is 33.0 Å². The molecule has 0 radical (unpaired) electrons. The van der Waals surface area contributed by atoms with E-state index >= 15 is 0 Å². The molecule has 35 heteroatoms. The second-order valence-corrected chi connectivity index (χ2v) is 12.9. The van der Waals surface area contributed by atoms with E-state index in [0.717, 1.165) is 0 Å². The van der Waals surface area contributed by atoms with Crippen LogP contribution in [0.25, 0.3) is 0 Å². The minimum Gasteiger partial charge on any atom is -0.394 e. The Labute approximate surface area is 361 Å². The topological polar surface area (TPSA) is 103 Å². The van der Waals surface area contributed by atoms with Crippen molar-refractivity contribution in [2.75, 3.05) is 126 Å². The number of aliphatic hydroxyl groups is 1. The molecule has 0 aliphatic rings. The summed E-state index contributed by atoms with van der Waals surface area (Å²) in [6.45, 7) is -1.26. The van der Waals surface area contributed by atoms with Gasteiger partial charge in [-0.1, -0.05) is 0 Å². The Hall–Kier alpha value is -2.15. The van der Waals surface area contributed by atoms with Gasteiger partial charge in [0, 0.05) is 6.42 Å². The molecule has 0 atom stereocenters. The number of ether oxygens (including phenoxy) is 9. The molecule has 0 aromatic carbocycles. The summed E-state index contributed by atoms with van der Waals surface area (Å²) in [5, 5.41) is 8.54. The maximum atomic E-state index is 14.1. The maximum absolute atomic E-state index is 14.1. The Bertz CT molecular complexity index is 1390. The summed E-state index contributed by atoms with van der Waals surface area (Å²) in [4.78, 5) is 0. The molecule has 0 heterocycles. The molecule has 0 rings (SSSR count). The molecule has 0 fully saturated rings. The third-order valence-electron chi connectivity index (χ3n) is 8.14. The van der Waals surface area contributed by atoms with Gasteiger partial charge in [-0.25, -0.2) is 0 Å². The summed E-state index contributed by atoms with van der Waals surface area (Å²) in [6.07, 6.45) is -11.2. The van der Waals surface area contributed by atoms with E-state index in [1.165, 1.54) is 0 Å². The van der Waals surface area contributed by atoms with Crippen molar-refractivity contribution < 1.29 is 157 Å². The average molecular weight is 1060 g/mol. The molecule has 0 saturated heterocycles. The monoisotopic (exact) mass is 1060 g/mol. The van der Waals surface area contributed by atoms with E-state index in [1.54, 1.807) is 0 Å². The minimum absolute atomic E-state index is 0.0291. The van der Waals surface area contributed by atoms with Crippen molar-refractivity contribution in [3.05, 3.63) is 0 Å². The molecule has 404 valence electrons. The van der Waals surface area contributed by atoms with Crippen molar-refractivity contribution in [2.24, 2.45) is 0 Å². The number of hydrogen-bond donors (Lipinski definition) is 1. The lowest BCUT2D eigenvalue weighted by Crippen LogP contribution is -2.78. The predicted molar refractivity (Wildman–Crippen MR) is 170 cm³/mol. The molecule has 0 spiro atoms. The number of rotatable bonds is 39. The van der Waals surface area contributed by atoms with Crippen LogP contribution in [0.15, 0.2) is 0 Å². The first-order valence-electron chi connectivity index (χ1n) is 18.3. The van der Waals surface area contributed by atoms with Gasteiger partial charge in [-0.05, 0) is 0 Å². The zero-order chi connectivity index (χ0) is 52.5. The smallest absolute Gasteiger partial charge is 0.394 e. The van der Waals surface area contributed by atoms with Crippen LogP contribution in [0.5, 0.6) is 0 Å². The molecule has 0 amide bonds. The van der Waals surface area contributed by atoms with E-state index in [1.807, 2.05) is 0 Å². The number of halogens is 25. The lowest BCUT2D eigenvalue weighted by atomic mass is 9.84. The van der Waals surface area contributed by atoms with Gasteiger partial charge in [0.05, 0.1) is 126 Å². The van der Waals surface area contributed by atoms with E-state index in [9.17, 15) is 110 Å². The van der Waals surface area contributed by atoms with Crippen molar-refractivity contribution in [1.29, 1.82) is 0 Å². The molecular weight excluding hydrogens is 1020 g/mol. The van der Waals surface area contributed by atoms with Crippen molar-refractivity contribution >= 4 is 0 Å². The molecular formula is C32H41F25O10. The molecule has 0 unspecified atom stereocenters. The van der Waals surface area contributed by atoms with Gasteiger partial charge in [0.2, 0.25) is 0 Å². The van der Waals surface area contributed by atoms with Crippen molar-refractivity contribution in [1.82, 2.24) is 0 Å². The Morgan fingerprint density at radius 1 is 0.209 bits per heavy atom. The van der Waals surface area contributed by atoms with Crippen molar-refractivity contribution in [2.45, 2.75) is 77.7 Å². The van der Waals surface area contributed by atoms with Gasteiger partial charge in [0.1, 0.15) is 0 Å². The van der Waals surface area contributed by atoms with Crippen LogP contribution in [-0.4, -0.2) is 202 Å². The Balaban J connectivity index is 4.88. The fourth-order valence-corrected chi connectivity index (χ4v) is 4.27. The molecule has 67 heavy (non-hydrogen) atoms. The number of alkyl halides is 25. The van der Waals surface area contributed by atoms with Crippen LogP contribution < -0.4 is 0 Å². The van der Waals surface area contributed by atoms with Crippen LogP contribution >= 0.6 is 0 Å². The first-order chi connectivity index (χ1) is 30.3. The van der Waals surface area contributed by atoms with Gasteiger partial charge in [-0.15, -0.1) is 0 Å². The Morgan fingerprint density at radius 2 is 0.373 bits per heavy atom. The number of aliphatic hydroxyl groups excluding tert-OH is 1. The van der Waals surface area contributed by atoms with Gasteiger partial charge in [0.15, 0.2) is 0 Å². The quantitative estimate of drug-likeness (QED) is 0.0481. The van der Waals surface area contributed by atoms with Crippen LogP contribution in [-0.2, 0) is 42.6 Å². The van der Waals surface area contributed by atoms with Gasteiger partial charge >= 0.3 is 71.3 Å². The summed E-state index contributed by atoms with van der Waals surface area (Å²) in [6, 6.07) is 0. The third kappa shape index (κ3) is 14.9. The van der Waals surface area contributed by atoms with E-state index in [4.69, 9.17) is 43.0 Å². The Morgan fingerprint density at radius 3 is 0.567 bits per heavy atom. The van der Waals surface area contributed by atoms with Gasteiger partial charge < -0.3 is 47.7 Å². The summed E-state index contributed by atoms with van der Waals surface area (Å²) in [7, 11) is 0. The van der Waals surface area contributed by atoms with Gasteiger partial charge in [-0.2, -0.15) is 110 Å². The van der Waals surface area contributed by atoms with Gasteiger partial charge in [-0.3, -0.25) is 0 Å². The van der Waals surface area contributed by atoms with Crippen LogP contribution in [0.4, 0.5) is 110 Å². The normalized spacial score (nSPS) is 15.0. The zero-order valence-corrected chi connectivity index (χ0v) is 33.7. The number of hydrogen-bond acceptors (Lipinski definition) is 10. The first kappa shape index (κ1) is 64.8. The highest BCUT2D eigenvalue weighted by Crippen LogP contribution is 2.67. The molecule has 10 nitrogen and oxygen atoms in total.